The minimum Gasteiger partial charge on any atom is -0.340 e. The zero-order valence-corrected chi connectivity index (χ0v) is 13.5. The third-order valence-electron chi connectivity index (χ3n) is 1.84. The quantitative estimate of drug-likeness (QED) is 0.497. The Balaban J connectivity index is 0.000000310. The Morgan fingerprint density at radius 1 is 1.31 bits per heavy atom. The van der Waals surface area contributed by atoms with Crippen LogP contribution in [0, 0.1) is 13.8 Å². The molecule has 0 fully saturated rings. The van der Waals surface area contributed by atoms with Crippen LogP contribution in [0.4, 0.5) is 0 Å². The van der Waals surface area contributed by atoms with Crippen molar-refractivity contribution in [1.82, 2.24) is 9.55 Å². The van der Waals surface area contributed by atoms with E-state index in [1.54, 1.807) is 0 Å². The summed E-state index contributed by atoms with van der Waals surface area (Å²) in [7, 11) is 3.11. The number of hydrogen-bond donors (Lipinski definition) is 0. The van der Waals surface area contributed by atoms with E-state index in [9.17, 15) is 0 Å². The lowest BCUT2D eigenvalue weighted by Crippen LogP contribution is -2.16. The maximum Gasteiger partial charge on any atom is 0.326 e. The van der Waals surface area contributed by atoms with E-state index < -0.39 is 6.73 Å². The highest BCUT2D eigenvalue weighted by molar-refractivity contribution is 7.54. The molecule has 0 bridgehead atoms. The summed E-state index contributed by atoms with van der Waals surface area (Å²) in [6.07, 6.45) is 0. The Bertz CT molecular complexity index is 250. The molecule has 0 aromatic carbocycles. The average molecular weight is 276 g/mol. The molecule has 0 aliphatic heterocycles. The third-order valence-corrected chi connectivity index (χ3v) is 2.74. The second-order valence-corrected chi connectivity index (χ2v) is 9.96. The van der Waals surface area contributed by atoms with Gasteiger partial charge in [0.2, 0.25) is 0 Å². The van der Waals surface area contributed by atoms with Crippen molar-refractivity contribution < 1.29 is 0 Å². The predicted octanol–water partition coefficient (Wildman–Crippen LogP) is 0.448. The first-order chi connectivity index (χ1) is 5.86. The molecule has 0 atom stereocenters. The van der Waals surface area contributed by atoms with Gasteiger partial charge in [-0.15, -0.1) is 33.2 Å². The first-order valence-electron chi connectivity index (χ1n) is 3.75. The molecular formula is C6H13Cl3N2Si2. The highest BCUT2D eigenvalue weighted by Crippen LogP contribution is 1.98. The van der Waals surface area contributed by atoms with E-state index in [-0.39, 0.29) is 0 Å². The van der Waals surface area contributed by atoms with Crippen LogP contribution in [0.1, 0.15) is 11.4 Å². The molecule has 76 valence electrons. The van der Waals surface area contributed by atoms with Crippen molar-refractivity contribution in [2.45, 2.75) is 13.8 Å². The highest BCUT2D eigenvalue weighted by Gasteiger charge is 2.00. The van der Waals surface area contributed by atoms with Gasteiger partial charge >= 0.3 is 6.73 Å². The molecule has 0 unspecified atom stereocenters. The Hall–Kier alpha value is 0.514. The number of hydrogen-bond acceptors (Lipinski definition) is 1. The lowest BCUT2D eigenvalue weighted by molar-refractivity contribution is 0.901. The van der Waals surface area contributed by atoms with Gasteiger partial charge in [0, 0.05) is 12.7 Å². The van der Waals surface area contributed by atoms with Crippen molar-refractivity contribution >= 4 is 55.7 Å². The van der Waals surface area contributed by atoms with Gasteiger partial charge in [-0.2, -0.15) is 0 Å². The molecule has 2 nitrogen and oxygen atoms in total. The normalized spacial score (nSPS) is 10.1. The summed E-state index contributed by atoms with van der Waals surface area (Å²) in [5.41, 5.74) is 3.69. The van der Waals surface area contributed by atoms with E-state index in [0.717, 1.165) is 10.2 Å². The van der Waals surface area contributed by atoms with Crippen molar-refractivity contribution in [2.24, 2.45) is 7.05 Å². The van der Waals surface area contributed by atoms with Crippen molar-refractivity contribution in [1.29, 1.82) is 0 Å². The molecule has 0 saturated carbocycles. The topological polar surface area (TPSA) is 17.8 Å². The Labute approximate surface area is 97.3 Å². The molecule has 0 spiro atoms. The molecule has 0 radical (unpaired) electrons. The summed E-state index contributed by atoms with van der Waals surface area (Å²) in [5, 5.41) is 0. The summed E-state index contributed by atoms with van der Waals surface area (Å²) in [5.74, 6) is 0. The lowest BCUT2D eigenvalue weighted by Gasteiger charge is -1.95. The molecule has 0 N–H and O–H groups in total. The molecule has 0 aliphatic carbocycles. The fourth-order valence-electron chi connectivity index (χ4n) is 0.884. The van der Waals surface area contributed by atoms with Crippen LogP contribution >= 0.6 is 33.2 Å². The average Bonchev–Trinajstić information content (AvgIpc) is 2.17. The van der Waals surface area contributed by atoms with E-state index in [4.69, 9.17) is 33.2 Å². The van der Waals surface area contributed by atoms with Gasteiger partial charge in [0.25, 0.3) is 0 Å². The minimum atomic E-state index is -1.72. The first kappa shape index (κ1) is 13.5. The van der Waals surface area contributed by atoms with Crippen molar-refractivity contribution in [3.63, 3.8) is 0 Å². The van der Waals surface area contributed by atoms with E-state index >= 15 is 0 Å². The lowest BCUT2D eigenvalue weighted by atomic mass is 10.4. The number of nitrogens with zero attached hydrogens (tertiary/aromatic N) is 2. The molecular weight excluding hydrogens is 263 g/mol. The Morgan fingerprint density at radius 3 is 1.77 bits per heavy atom. The van der Waals surface area contributed by atoms with Crippen LogP contribution in [0.2, 0.25) is 0 Å². The monoisotopic (exact) mass is 274 g/mol. The standard InChI is InChI=1S/C6H12N2Si.Cl3HSi/c1-4-5(2)8(3)6(9)7-4;1-4(2)3/h1-3,9H3;4H. The fourth-order valence-corrected chi connectivity index (χ4v) is 1.55. The molecule has 13 heavy (non-hydrogen) atoms. The largest absolute Gasteiger partial charge is 0.340 e. The summed E-state index contributed by atoms with van der Waals surface area (Å²) in [6, 6.07) is 0. The smallest absolute Gasteiger partial charge is 0.326 e. The van der Waals surface area contributed by atoms with Crippen molar-refractivity contribution in [3.8, 4) is 0 Å². The van der Waals surface area contributed by atoms with Crippen molar-refractivity contribution in [3.05, 3.63) is 11.4 Å². The van der Waals surface area contributed by atoms with Gasteiger partial charge in [0.1, 0.15) is 0 Å². The highest BCUT2D eigenvalue weighted by atomic mass is 35.8. The van der Waals surface area contributed by atoms with Crippen LogP contribution in [0.3, 0.4) is 0 Å². The van der Waals surface area contributed by atoms with E-state index in [2.05, 4.69) is 30.4 Å². The molecule has 0 aliphatic rings. The number of aromatic nitrogens is 2. The number of rotatable bonds is 0. The number of imidazole rings is 1. The first-order valence-corrected chi connectivity index (χ1v) is 9.98. The van der Waals surface area contributed by atoms with Gasteiger partial charge in [0.15, 0.2) is 0 Å². The van der Waals surface area contributed by atoms with Gasteiger partial charge in [-0.1, -0.05) is 0 Å². The van der Waals surface area contributed by atoms with E-state index in [1.165, 1.54) is 16.8 Å². The van der Waals surface area contributed by atoms with Crippen LogP contribution in [0.25, 0.3) is 0 Å². The third kappa shape index (κ3) is 5.07. The van der Waals surface area contributed by atoms with Crippen LogP contribution in [-0.2, 0) is 7.05 Å². The fraction of sp³-hybridized carbons (Fsp3) is 0.500. The second kappa shape index (κ2) is 6.08. The van der Waals surface area contributed by atoms with Crippen LogP contribution in [-0.4, -0.2) is 26.5 Å². The summed E-state index contributed by atoms with van der Waals surface area (Å²) >= 11 is 14.8. The Kier molecular flexibility index (Phi) is 6.32. The van der Waals surface area contributed by atoms with Crippen LogP contribution in [0.15, 0.2) is 0 Å². The molecule has 7 heteroatoms. The zero-order chi connectivity index (χ0) is 10.6. The van der Waals surface area contributed by atoms with E-state index in [1.807, 2.05) is 0 Å². The number of halogens is 3. The van der Waals surface area contributed by atoms with Gasteiger partial charge in [-0.05, 0) is 13.8 Å². The second-order valence-electron chi connectivity index (χ2n) is 2.64. The zero-order valence-electron chi connectivity index (χ0n) is 8.11. The maximum absolute atomic E-state index is 4.94. The van der Waals surface area contributed by atoms with Gasteiger partial charge < -0.3 is 4.57 Å². The molecule has 0 amide bonds. The maximum atomic E-state index is 4.94. The molecule has 1 aromatic rings. The number of aryl methyl sites for hydroxylation is 1. The minimum absolute atomic E-state index is 1.05. The molecule has 0 saturated heterocycles. The van der Waals surface area contributed by atoms with E-state index in [0.29, 0.717) is 0 Å². The predicted molar refractivity (Wildman–Crippen MR) is 67.0 cm³/mol. The molecule has 1 heterocycles. The van der Waals surface area contributed by atoms with Gasteiger partial charge in [-0.3, -0.25) is 0 Å². The summed E-state index contributed by atoms with van der Waals surface area (Å²) < 4.78 is 2.15. The van der Waals surface area contributed by atoms with Crippen LogP contribution in [0.5, 0.6) is 0 Å². The van der Waals surface area contributed by atoms with Crippen molar-refractivity contribution in [2.75, 3.05) is 0 Å². The van der Waals surface area contributed by atoms with Gasteiger partial charge in [0.05, 0.1) is 21.4 Å². The molecule has 1 rings (SSSR count). The SMILES string of the molecule is Cc1nc([SiH3])n(C)c1C.Cl[SiH](Cl)Cl. The summed E-state index contributed by atoms with van der Waals surface area (Å²) in [4.78, 5) is 4.33. The summed E-state index contributed by atoms with van der Waals surface area (Å²) in [6.45, 7) is 2.43. The molecule has 1 aromatic heterocycles. The van der Waals surface area contributed by atoms with Gasteiger partial charge in [-0.25, -0.2) is 4.98 Å². The Morgan fingerprint density at radius 2 is 1.69 bits per heavy atom. The van der Waals surface area contributed by atoms with Crippen LogP contribution < -0.4 is 5.45 Å².